The van der Waals surface area contributed by atoms with Crippen molar-refractivity contribution in [2.45, 2.75) is 56.2 Å². The molecule has 134 valence electrons. The Morgan fingerprint density at radius 2 is 1.96 bits per heavy atom. The molecule has 0 saturated carbocycles. The molecule has 1 aliphatic heterocycles. The van der Waals surface area contributed by atoms with Crippen LogP contribution in [0.1, 0.15) is 40.0 Å². The highest BCUT2D eigenvalue weighted by Crippen LogP contribution is 2.32. The number of rotatable bonds is 5. The first kappa shape index (κ1) is 17.9. The van der Waals surface area contributed by atoms with Gasteiger partial charge in [0, 0.05) is 41.9 Å². The summed E-state index contributed by atoms with van der Waals surface area (Å²) in [5, 5.41) is 0. The first-order valence-electron chi connectivity index (χ1n) is 8.66. The minimum atomic E-state index is -0.149. The third-order valence-corrected chi connectivity index (χ3v) is 5.13. The van der Waals surface area contributed by atoms with Gasteiger partial charge in [-0.25, -0.2) is 9.97 Å². The molecule has 2 aromatic heterocycles. The van der Waals surface area contributed by atoms with Crippen molar-refractivity contribution in [1.29, 1.82) is 0 Å². The normalized spacial score (nSPS) is 15.3. The molecule has 1 fully saturated rings. The molecule has 0 aliphatic carbocycles. The summed E-state index contributed by atoms with van der Waals surface area (Å²) in [6.45, 7) is 8.51. The molecular weight excluding hydrogens is 336 g/mol. The van der Waals surface area contributed by atoms with Crippen LogP contribution in [0.2, 0.25) is 0 Å². The highest BCUT2D eigenvalue weighted by molar-refractivity contribution is 8.00. The van der Waals surface area contributed by atoms with Gasteiger partial charge in [0.1, 0.15) is 5.52 Å². The van der Waals surface area contributed by atoms with Crippen molar-refractivity contribution >= 4 is 28.8 Å². The SMILES string of the molecule is CC(C)(C)Sc1cnc2c(c1)ncc(=O)n2CCCN1CCCC1=O. The van der Waals surface area contributed by atoms with E-state index in [4.69, 9.17) is 0 Å². The van der Waals surface area contributed by atoms with Gasteiger partial charge in [-0.1, -0.05) is 20.8 Å². The molecule has 0 radical (unpaired) electrons. The lowest BCUT2D eigenvalue weighted by Crippen LogP contribution is -2.28. The first-order chi connectivity index (χ1) is 11.8. The zero-order chi connectivity index (χ0) is 18.0. The lowest BCUT2D eigenvalue weighted by molar-refractivity contribution is -0.127. The molecule has 7 heteroatoms. The van der Waals surface area contributed by atoms with E-state index in [0.29, 0.717) is 25.2 Å². The van der Waals surface area contributed by atoms with Gasteiger partial charge in [0.05, 0.1) is 6.20 Å². The van der Waals surface area contributed by atoms with Gasteiger partial charge in [-0.3, -0.25) is 14.2 Å². The van der Waals surface area contributed by atoms with Gasteiger partial charge < -0.3 is 4.90 Å². The number of likely N-dealkylation sites (tertiary alicyclic amines) is 1. The average molecular weight is 360 g/mol. The third kappa shape index (κ3) is 4.39. The van der Waals surface area contributed by atoms with E-state index in [9.17, 15) is 9.59 Å². The van der Waals surface area contributed by atoms with E-state index in [2.05, 4.69) is 30.7 Å². The Morgan fingerprint density at radius 1 is 1.16 bits per heavy atom. The monoisotopic (exact) mass is 360 g/mol. The average Bonchev–Trinajstić information content (AvgIpc) is 2.93. The predicted molar refractivity (Wildman–Crippen MR) is 99.8 cm³/mol. The fourth-order valence-electron chi connectivity index (χ4n) is 3.01. The summed E-state index contributed by atoms with van der Waals surface area (Å²) < 4.78 is 1.75. The number of aromatic nitrogens is 3. The number of fused-ring (bicyclic) bond motifs is 1. The second-order valence-electron chi connectivity index (χ2n) is 7.31. The van der Waals surface area contributed by atoms with E-state index in [-0.39, 0.29) is 16.2 Å². The maximum absolute atomic E-state index is 12.2. The minimum Gasteiger partial charge on any atom is -0.343 e. The van der Waals surface area contributed by atoms with Crippen LogP contribution >= 0.6 is 11.8 Å². The smallest absolute Gasteiger partial charge is 0.270 e. The van der Waals surface area contributed by atoms with Crippen molar-refractivity contribution in [1.82, 2.24) is 19.4 Å². The number of amides is 1. The second kappa shape index (κ2) is 7.15. The number of carbonyl (C=O) groups excluding carboxylic acids is 1. The van der Waals surface area contributed by atoms with Gasteiger partial charge in [-0.2, -0.15) is 0 Å². The van der Waals surface area contributed by atoms with Crippen LogP contribution in [0.15, 0.2) is 28.2 Å². The van der Waals surface area contributed by atoms with Crippen molar-refractivity contribution in [2.75, 3.05) is 13.1 Å². The second-order valence-corrected chi connectivity index (χ2v) is 9.21. The molecule has 0 atom stereocenters. The summed E-state index contributed by atoms with van der Waals surface area (Å²) in [6.07, 6.45) is 5.49. The van der Waals surface area contributed by atoms with Crippen LogP contribution in [-0.2, 0) is 11.3 Å². The molecule has 3 heterocycles. The van der Waals surface area contributed by atoms with E-state index in [0.717, 1.165) is 29.8 Å². The molecule has 0 bridgehead atoms. The van der Waals surface area contributed by atoms with Crippen LogP contribution in [0, 0.1) is 0 Å². The largest absolute Gasteiger partial charge is 0.343 e. The van der Waals surface area contributed by atoms with E-state index in [1.54, 1.807) is 22.5 Å². The highest BCUT2D eigenvalue weighted by atomic mass is 32.2. The van der Waals surface area contributed by atoms with Crippen molar-refractivity contribution in [3.8, 4) is 0 Å². The standard InChI is InChI=1S/C18H24N4O2S/c1-18(2,3)25-13-10-14-17(20-11-13)22(16(24)12-19-14)9-5-8-21-7-4-6-15(21)23/h10-12H,4-9H2,1-3H3. The molecule has 1 saturated heterocycles. The molecule has 0 unspecified atom stereocenters. The van der Waals surface area contributed by atoms with Crippen molar-refractivity contribution in [2.24, 2.45) is 0 Å². The molecule has 25 heavy (non-hydrogen) atoms. The lowest BCUT2D eigenvalue weighted by atomic mass is 10.3. The van der Waals surface area contributed by atoms with E-state index < -0.39 is 0 Å². The van der Waals surface area contributed by atoms with Crippen LogP contribution in [0.4, 0.5) is 0 Å². The highest BCUT2D eigenvalue weighted by Gasteiger charge is 2.19. The first-order valence-corrected chi connectivity index (χ1v) is 9.47. The summed E-state index contributed by atoms with van der Waals surface area (Å²) in [4.78, 5) is 35.6. The van der Waals surface area contributed by atoms with Crippen LogP contribution in [0.25, 0.3) is 11.2 Å². The third-order valence-electron chi connectivity index (χ3n) is 4.06. The fourth-order valence-corrected chi connectivity index (χ4v) is 4.00. The maximum Gasteiger partial charge on any atom is 0.270 e. The molecule has 2 aromatic rings. The number of pyridine rings is 1. The number of nitrogens with zero attached hydrogens (tertiary/aromatic N) is 4. The number of hydrogen-bond donors (Lipinski definition) is 0. The van der Waals surface area contributed by atoms with E-state index >= 15 is 0 Å². The van der Waals surface area contributed by atoms with Gasteiger partial charge in [0.25, 0.3) is 5.56 Å². The molecule has 0 spiro atoms. The summed E-state index contributed by atoms with van der Waals surface area (Å²) >= 11 is 1.73. The number of thioether (sulfide) groups is 1. The summed E-state index contributed by atoms with van der Waals surface area (Å²) in [5.74, 6) is 0.217. The topological polar surface area (TPSA) is 68.1 Å². The summed E-state index contributed by atoms with van der Waals surface area (Å²) in [7, 11) is 0. The van der Waals surface area contributed by atoms with E-state index in [1.165, 1.54) is 6.20 Å². The molecular formula is C18H24N4O2S. The number of hydrogen-bond acceptors (Lipinski definition) is 5. The number of carbonyl (C=O) groups is 1. The van der Waals surface area contributed by atoms with Gasteiger partial charge in [0.2, 0.25) is 5.91 Å². The summed E-state index contributed by atoms with van der Waals surface area (Å²) in [5.41, 5.74) is 1.19. The van der Waals surface area contributed by atoms with E-state index in [1.807, 2.05) is 11.0 Å². The Bertz CT molecular complexity index is 841. The van der Waals surface area contributed by atoms with Crippen molar-refractivity contribution in [3.05, 3.63) is 28.8 Å². The van der Waals surface area contributed by atoms with Crippen LogP contribution in [0.5, 0.6) is 0 Å². The maximum atomic E-state index is 12.2. The summed E-state index contributed by atoms with van der Waals surface area (Å²) in [6, 6.07) is 1.98. The zero-order valence-electron chi connectivity index (χ0n) is 15.0. The van der Waals surface area contributed by atoms with Gasteiger partial charge >= 0.3 is 0 Å². The molecule has 1 amide bonds. The van der Waals surface area contributed by atoms with Crippen LogP contribution in [-0.4, -0.2) is 43.2 Å². The minimum absolute atomic E-state index is 0.0894. The Morgan fingerprint density at radius 3 is 2.64 bits per heavy atom. The quantitative estimate of drug-likeness (QED) is 0.767. The Hall–Kier alpha value is -1.89. The fraction of sp³-hybridized carbons (Fsp3) is 0.556. The number of aryl methyl sites for hydroxylation is 1. The van der Waals surface area contributed by atoms with Crippen molar-refractivity contribution < 1.29 is 4.79 Å². The molecule has 0 N–H and O–H groups in total. The molecule has 1 aliphatic rings. The molecule has 3 rings (SSSR count). The van der Waals surface area contributed by atoms with Gasteiger partial charge in [0.15, 0.2) is 5.65 Å². The molecule has 0 aromatic carbocycles. The molecule has 6 nitrogen and oxygen atoms in total. The Balaban J connectivity index is 1.78. The van der Waals surface area contributed by atoms with Crippen LogP contribution in [0.3, 0.4) is 0 Å². The van der Waals surface area contributed by atoms with Crippen molar-refractivity contribution in [3.63, 3.8) is 0 Å². The van der Waals surface area contributed by atoms with Gasteiger partial charge in [-0.15, -0.1) is 11.8 Å². The predicted octanol–water partition coefficient (Wildman–Crippen LogP) is 2.69. The zero-order valence-corrected chi connectivity index (χ0v) is 15.8. The lowest BCUT2D eigenvalue weighted by Gasteiger charge is -2.18. The van der Waals surface area contributed by atoms with Crippen LogP contribution < -0.4 is 5.56 Å². The Labute approximate surface area is 151 Å². The van der Waals surface area contributed by atoms with Gasteiger partial charge in [-0.05, 0) is 18.9 Å². The Kier molecular flexibility index (Phi) is 5.13.